The first-order chi connectivity index (χ1) is 15.9. The van der Waals surface area contributed by atoms with Crippen LogP contribution in [0.5, 0.6) is 0 Å². The molecule has 2 unspecified atom stereocenters. The van der Waals surface area contributed by atoms with Gasteiger partial charge in [0, 0.05) is 5.02 Å². The van der Waals surface area contributed by atoms with Crippen LogP contribution in [0.15, 0.2) is 72.8 Å². The summed E-state index contributed by atoms with van der Waals surface area (Å²) in [6, 6.07) is 23.5. The highest BCUT2D eigenvalue weighted by atomic mass is 35.5. The van der Waals surface area contributed by atoms with Crippen molar-refractivity contribution < 1.29 is 19.4 Å². The van der Waals surface area contributed by atoms with Crippen molar-refractivity contribution >= 4 is 23.5 Å². The maximum Gasteiger partial charge on any atom is 0.313 e. The topological polar surface area (TPSA) is 63.6 Å². The lowest BCUT2D eigenvalue weighted by Crippen LogP contribution is -2.17. The highest BCUT2D eigenvalue weighted by Crippen LogP contribution is 2.24. The van der Waals surface area contributed by atoms with Crippen molar-refractivity contribution in [2.45, 2.75) is 39.0 Å². The first kappa shape index (κ1) is 24.5. The number of aryl methyl sites for hydroxylation is 1. The van der Waals surface area contributed by atoms with Crippen LogP contribution in [0, 0.1) is 5.92 Å². The maximum absolute atomic E-state index is 11.9. The smallest absolute Gasteiger partial charge is 0.313 e. The highest BCUT2D eigenvalue weighted by Gasteiger charge is 2.20. The summed E-state index contributed by atoms with van der Waals surface area (Å²) in [6.45, 7) is 3.95. The molecule has 3 rings (SSSR count). The monoisotopic (exact) mass is 464 g/mol. The lowest BCUT2D eigenvalue weighted by Gasteiger charge is -2.14. The Morgan fingerprint density at radius 2 is 1.42 bits per heavy atom. The van der Waals surface area contributed by atoms with Gasteiger partial charge in [0.2, 0.25) is 0 Å². The summed E-state index contributed by atoms with van der Waals surface area (Å²) >= 11 is 5.96. The number of carbonyl (C=O) groups is 2. The second kappa shape index (κ2) is 11.7. The third-order valence-corrected chi connectivity index (χ3v) is 6.12. The Balaban J connectivity index is 1.59. The summed E-state index contributed by atoms with van der Waals surface area (Å²) < 4.78 is 5.07. The molecule has 0 aromatic heterocycles. The Kier molecular flexibility index (Phi) is 8.67. The summed E-state index contributed by atoms with van der Waals surface area (Å²) in [7, 11) is 0. The molecule has 3 aromatic carbocycles. The fourth-order valence-corrected chi connectivity index (χ4v) is 3.92. The first-order valence-corrected chi connectivity index (χ1v) is 11.6. The molecule has 33 heavy (non-hydrogen) atoms. The number of ether oxygens (including phenoxy) is 1. The van der Waals surface area contributed by atoms with Crippen LogP contribution in [0.4, 0.5) is 0 Å². The van der Waals surface area contributed by atoms with E-state index in [2.05, 4.69) is 24.3 Å². The van der Waals surface area contributed by atoms with Crippen LogP contribution in [0.25, 0.3) is 11.1 Å². The molecule has 0 saturated heterocycles. The van der Waals surface area contributed by atoms with E-state index in [0.29, 0.717) is 30.9 Å². The second-order valence-electron chi connectivity index (χ2n) is 8.20. The number of benzene rings is 3. The number of hydrogen-bond acceptors (Lipinski definition) is 3. The lowest BCUT2D eigenvalue weighted by atomic mass is 9.91. The van der Waals surface area contributed by atoms with E-state index in [4.69, 9.17) is 16.3 Å². The molecule has 0 heterocycles. The summed E-state index contributed by atoms with van der Waals surface area (Å²) in [4.78, 5) is 23.8. The Hall–Kier alpha value is -3.11. The molecular weight excluding hydrogens is 436 g/mol. The van der Waals surface area contributed by atoms with E-state index in [9.17, 15) is 14.7 Å². The number of rotatable bonds is 10. The minimum atomic E-state index is -0.795. The second-order valence-corrected chi connectivity index (χ2v) is 8.63. The Labute approximate surface area is 200 Å². The average molecular weight is 465 g/mol. The van der Waals surface area contributed by atoms with Gasteiger partial charge in [0.15, 0.2) is 0 Å². The van der Waals surface area contributed by atoms with E-state index in [1.165, 1.54) is 0 Å². The van der Waals surface area contributed by atoms with E-state index in [1.807, 2.05) is 55.5 Å². The molecule has 0 aliphatic rings. The van der Waals surface area contributed by atoms with Gasteiger partial charge >= 0.3 is 11.9 Å². The molecule has 0 bridgehead atoms. The molecule has 0 fully saturated rings. The van der Waals surface area contributed by atoms with Gasteiger partial charge in [0.05, 0.1) is 18.4 Å². The Morgan fingerprint density at radius 1 is 0.879 bits per heavy atom. The largest absolute Gasteiger partial charge is 0.481 e. The summed E-state index contributed by atoms with van der Waals surface area (Å²) in [5.41, 5.74) is 5.11. The quantitative estimate of drug-likeness (QED) is 0.345. The lowest BCUT2D eigenvalue weighted by molar-refractivity contribution is -0.144. The minimum Gasteiger partial charge on any atom is -0.481 e. The van der Waals surface area contributed by atoms with Gasteiger partial charge in [-0.3, -0.25) is 9.59 Å². The van der Waals surface area contributed by atoms with Crippen LogP contribution in [-0.4, -0.2) is 23.7 Å². The summed E-state index contributed by atoms with van der Waals surface area (Å²) in [5, 5.41) is 10.4. The van der Waals surface area contributed by atoms with Crippen LogP contribution in [0.2, 0.25) is 5.02 Å². The molecule has 0 spiro atoms. The Bertz CT molecular complexity index is 1060. The van der Waals surface area contributed by atoms with Crippen LogP contribution < -0.4 is 0 Å². The molecule has 4 nitrogen and oxygen atoms in total. The number of carboxylic acid groups (broad SMARTS) is 1. The summed E-state index contributed by atoms with van der Waals surface area (Å²) in [5.74, 6) is -1.87. The van der Waals surface area contributed by atoms with E-state index >= 15 is 0 Å². The van der Waals surface area contributed by atoms with Gasteiger partial charge in [-0.05, 0) is 73.1 Å². The molecule has 3 aromatic rings. The molecule has 1 N–H and O–H groups in total. The van der Waals surface area contributed by atoms with Crippen molar-refractivity contribution in [1.29, 1.82) is 0 Å². The number of carbonyl (C=O) groups excluding carboxylic acids is 1. The van der Waals surface area contributed by atoms with Gasteiger partial charge in [-0.2, -0.15) is 0 Å². The van der Waals surface area contributed by atoms with Crippen LogP contribution in [0.3, 0.4) is 0 Å². The van der Waals surface area contributed by atoms with Gasteiger partial charge in [-0.15, -0.1) is 0 Å². The SMILES string of the molecule is CCOC(=O)C(C)c1ccc(CC(CCc2ccc(-c3ccc(Cl)cc3)cc2)C(=O)O)cc1. The first-order valence-electron chi connectivity index (χ1n) is 11.2. The maximum atomic E-state index is 11.9. The molecule has 0 radical (unpaired) electrons. The fourth-order valence-electron chi connectivity index (χ4n) is 3.79. The van der Waals surface area contributed by atoms with Crippen molar-refractivity contribution in [3.63, 3.8) is 0 Å². The molecule has 0 aliphatic heterocycles. The third-order valence-electron chi connectivity index (χ3n) is 5.86. The van der Waals surface area contributed by atoms with E-state index < -0.39 is 11.9 Å². The molecular formula is C28H29ClO4. The average Bonchev–Trinajstić information content (AvgIpc) is 2.82. The predicted octanol–water partition coefficient (Wildman–Crippen LogP) is 6.55. The number of hydrogen-bond donors (Lipinski definition) is 1. The van der Waals surface area contributed by atoms with Crippen molar-refractivity contribution in [2.75, 3.05) is 6.61 Å². The standard InChI is InChI=1S/C28H29ClO4/c1-3-33-28(32)19(2)22-9-7-21(8-10-22)18-25(27(30)31)13-6-20-4-11-23(12-5-20)24-14-16-26(29)17-15-24/h4-5,7-12,14-17,19,25H,3,6,13,18H2,1-2H3,(H,30,31). The van der Waals surface area contributed by atoms with Crippen molar-refractivity contribution in [2.24, 2.45) is 5.92 Å². The van der Waals surface area contributed by atoms with Gasteiger partial charge in [0.25, 0.3) is 0 Å². The van der Waals surface area contributed by atoms with Gasteiger partial charge in [-0.25, -0.2) is 0 Å². The fraction of sp³-hybridized carbons (Fsp3) is 0.286. The van der Waals surface area contributed by atoms with Gasteiger partial charge in [-0.1, -0.05) is 72.3 Å². The minimum absolute atomic E-state index is 0.254. The van der Waals surface area contributed by atoms with Crippen LogP contribution in [0.1, 0.15) is 42.9 Å². The van der Waals surface area contributed by atoms with Crippen LogP contribution >= 0.6 is 11.6 Å². The molecule has 2 atom stereocenters. The van der Waals surface area contributed by atoms with E-state index in [1.54, 1.807) is 6.92 Å². The van der Waals surface area contributed by atoms with Gasteiger partial charge < -0.3 is 9.84 Å². The zero-order valence-electron chi connectivity index (χ0n) is 19.0. The predicted molar refractivity (Wildman–Crippen MR) is 132 cm³/mol. The van der Waals surface area contributed by atoms with Crippen LogP contribution in [-0.2, 0) is 27.2 Å². The number of halogens is 1. The zero-order valence-corrected chi connectivity index (χ0v) is 19.7. The summed E-state index contributed by atoms with van der Waals surface area (Å²) in [6.07, 6.45) is 1.69. The molecule has 0 saturated carbocycles. The molecule has 172 valence electrons. The van der Waals surface area contributed by atoms with Crippen molar-refractivity contribution in [3.8, 4) is 11.1 Å². The highest BCUT2D eigenvalue weighted by molar-refractivity contribution is 6.30. The number of esters is 1. The van der Waals surface area contributed by atoms with Crippen molar-refractivity contribution in [3.05, 3.63) is 94.5 Å². The molecule has 0 aliphatic carbocycles. The van der Waals surface area contributed by atoms with E-state index in [-0.39, 0.29) is 11.9 Å². The van der Waals surface area contributed by atoms with E-state index in [0.717, 1.165) is 27.8 Å². The third kappa shape index (κ3) is 6.93. The zero-order chi connectivity index (χ0) is 23.8. The van der Waals surface area contributed by atoms with Gasteiger partial charge in [0.1, 0.15) is 0 Å². The Morgan fingerprint density at radius 3 is 1.97 bits per heavy atom. The number of carboxylic acids is 1. The normalized spacial score (nSPS) is 12.7. The molecule has 5 heteroatoms. The number of aliphatic carboxylic acids is 1. The molecule has 0 amide bonds. The van der Waals surface area contributed by atoms with Crippen molar-refractivity contribution in [1.82, 2.24) is 0 Å².